The molecular weight excluding hydrogens is 206 g/mol. The Morgan fingerprint density at radius 3 is 2.94 bits per heavy atom. The quantitative estimate of drug-likeness (QED) is 0.713. The fourth-order valence-electron chi connectivity index (χ4n) is 2.08. The number of rotatable bonds is 1. The number of aromatic amines is 1. The zero-order chi connectivity index (χ0) is 11.7. The first kappa shape index (κ1) is 10.7. The van der Waals surface area contributed by atoms with Gasteiger partial charge in [-0.25, -0.2) is 0 Å². The molecule has 0 aliphatic carbocycles. The van der Waals surface area contributed by atoms with Crippen molar-refractivity contribution in [3.8, 4) is 11.9 Å². The summed E-state index contributed by atoms with van der Waals surface area (Å²) >= 11 is 0. The maximum Gasteiger partial charge on any atom is 0.268 e. The number of fused-ring (bicyclic) bond motifs is 1. The molecular formula is C11H13N3O2. The third kappa shape index (κ3) is 1.57. The largest absolute Gasteiger partial charge is 0.494 e. The van der Waals surface area contributed by atoms with Gasteiger partial charge in [0, 0.05) is 18.7 Å². The van der Waals surface area contributed by atoms with Gasteiger partial charge in [-0.05, 0) is 18.5 Å². The lowest BCUT2D eigenvalue weighted by atomic mass is 9.97. The van der Waals surface area contributed by atoms with E-state index in [2.05, 4.69) is 9.88 Å². The lowest BCUT2D eigenvalue weighted by molar-refractivity contribution is 0.260. The van der Waals surface area contributed by atoms with Crippen molar-refractivity contribution in [1.82, 2.24) is 9.88 Å². The molecule has 0 atom stereocenters. The van der Waals surface area contributed by atoms with Gasteiger partial charge in [-0.3, -0.25) is 14.7 Å². The highest BCUT2D eigenvalue weighted by Gasteiger charge is 2.23. The molecule has 0 amide bonds. The molecule has 0 unspecified atom stereocenters. The van der Waals surface area contributed by atoms with Gasteiger partial charge in [-0.15, -0.1) is 0 Å². The summed E-state index contributed by atoms with van der Waals surface area (Å²) in [6.45, 7) is 4.34. The van der Waals surface area contributed by atoms with Gasteiger partial charge in [0.2, 0.25) is 0 Å². The second-order valence-electron chi connectivity index (χ2n) is 3.87. The molecule has 1 aromatic rings. The molecule has 0 saturated carbocycles. The molecule has 1 aliphatic rings. The van der Waals surface area contributed by atoms with E-state index in [0.717, 1.165) is 13.1 Å². The van der Waals surface area contributed by atoms with Crippen molar-refractivity contribution in [2.24, 2.45) is 0 Å². The lowest BCUT2D eigenvalue weighted by Gasteiger charge is -2.27. The number of hydrogen-bond acceptors (Lipinski definition) is 4. The highest BCUT2D eigenvalue weighted by molar-refractivity contribution is 5.46. The van der Waals surface area contributed by atoms with Crippen molar-refractivity contribution in [1.29, 1.82) is 5.26 Å². The molecule has 0 spiro atoms. The number of H-pyrrole nitrogens is 1. The molecule has 2 heterocycles. The molecule has 0 saturated heterocycles. The van der Waals surface area contributed by atoms with E-state index in [9.17, 15) is 9.90 Å². The Bertz CT molecular complexity index is 513. The van der Waals surface area contributed by atoms with E-state index < -0.39 is 5.56 Å². The average Bonchev–Trinajstić information content (AvgIpc) is 2.29. The first-order valence-corrected chi connectivity index (χ1v) is 5.26. The first-order chi connectivity index (χ1) is 7.67. The minimum atomic E-state index is -0.497. The zero-order valence-electron chi connectivity index (χ0n) is 9.08. The fourth-order valence-corrected chi connectivity index (χ4v) is 2.08. The molecule has 16 heavy (non-hydrogen) atoms. The number of nitrogens with one attached hydrogen (secondary N) is 1. The SMILES string of the molecule is CCN1CCc2c(c(O)[nH]c(=O)c2C#N)C1. The number of pyridine rings is 1. The predicted molar refractivity (Wildman–Crippen MR) is 58.1 cm³/mol. The van der Waals surface area contributed by atoms with Crippen LogP contribution >= 0.6 is 0 Å². The Hall–Kier alpha value is -1.80. The van der Waals surface area contributed by atoms with Crippen molar-refractivity contribution >= 4 is 0 Å². The number of hydrogen-bond donors (Lipinski definition) is 2. The zero-order valence-corrected chi connectivity index (χ0v) is 9.08. The van der Waals surface area contributed by atoms with Crippen LogP contribution in [0.4, 0.5) is 0 Å². The number of nitrogens with zero attached hydrogens (tertiary/aromatic N) is 2. The number of aromatic nitrogens is 1. The van der Waals surface area contributed by atoms with E-state index >= 15 is 0 Å². The molecule has 2 N–H and O–H groups in total. The molecule has 0 bridgehead atoms. The van der Waals surface area contributed by atoms with Crippen LogP contribution in [0.5, 0.6) is 5.88 Å². The van der Waals surface area contributed by atoms with Gasteiger partial charge in [-0.2, -0.15) is 5.26 Å². The maximum atomic E-state index is 11.4. The van der Waals surface area contributed by atoms with Crippen LogP contribution in [0.3, 0.4) is 0 Å². The molecule has 0 fully saturated rings. The summed E-state index contributed by atoms with van der Waals surface area (Å²) in [6, 6.07) is 1.91. The first-order valence-electron chi connectivity index (χ1n) is 5.26. The summed E-state index contributed by atoms with van der Waals surface area (Å²) in [5.74, 6) is -0.0999. The summed E-state index contributed by atoms with van der Waals surface area (Å²) in [5.41, 5.74) is 1.03. The van der Waals surface area contributed by atoms with Crippen molar-refractivity contribution in [3.05, 3.63) is 27.0 Å². The van der Waals surface area contributed by atoms with Crippen LogP contribution in [0.1, 0.15) is 23.6 Å². The van der Waals surface area contributed by atoms with Gasteiger partial charge < -0.3 is 5.11 Å². The average molecular weight is 219 g/mol. The molecule has 0 aromatic carbocycles. The molecule has 2 rings (SSSR count). The summed E-state index contributed by atoms with van der Waals surface area (Å²) in [4.78, 5) is 15.9. The highest BCUT2D eigenvalue weighted by Crippen LogP contribution is 2.25. The van der Waals surface area contributed by atoms with Gasteiger partial charge >= 0.3 is 0 Å². The van der Waals surface area contributed by atoms with Crippen LogP contribution in [0, 0.1) is 11.3 Å². The highest BCUT2D eigenvalue weighted by atomic mass is 16.3. The summed E-state index contributed by atoms with van der Waals surface area (Å²) in [5, 5.41) is 18.6. The third-order valence-corrected chi connectivity index (χ3v) is 3.03. The van der Waals surface area contributed by atoms with Crippen LogP contribution < -0.4 is 5.56 Å². The Labute approximate surface area is 92.9 Å². The Morgan fingerprint density at radius 1 is 1.56 bits per heavy atom. The molecule has 1 aliphatic heterocycles. The monoisotopic (exact) mass is 219 g/mol. The lowest BCUT2D eigenvalue weighted by Crippen LogP contribution is -2.32. The molecule has 5 nitrogen and oxygen atoms in total. The summed E-state index contributed by atoms with van der Waals surface area (Å²) < 4.78 is 0. The maximum absolute atomic E-state index is 11.4. The topological polar surface area (TPSA) is 80.1 Å². The second-order valence-corrected chi connectivity index (χ2v) is 3.87. The van der Waals surface area contributed by atoms with Gasteiger partial charge in [0.05, 0.1) is 0 Å². The van der Waals surface area contributed by atoms with Crippen molar-refractivity contribution in [2.45, 2.75) is 19.9 Å². The number of aromatic hydroxyl groups is 1. The third-order valence-electron chi connectivity index (χ3n) is 3.03. The van der Waals surface area contributed by atoms with Gasteiger partial charge in [0.15, 0.2) is 5.88 Å². The second kappa shape index (κ2) is 3.99. The predicted octanol–water partition coefficient (Wildman–Crippen LogP) is 0.330. The standard InChI is InChI=1S/C11H13N3O2/c1-2-14-4-3-7-8(5-12)10(15)13-11(16)9(7)6-14/h2-4,6H2,1H3,(H2,13,15,16). The van der Waals surface area contributed by atoms with Crippen LogP contribution in [0.15, 0.2) is 4.79 Å². The molecule has 5 heteroatoms. The van der Waals surface area contributed by atoms with E-state index in [1.165, 1.54) is 0 Å². The number of likely N-dealkylation sites (N-methyl/N-ethyl adjacent to an activating group) is 1. The Morgan fingerprint density at radius 2 is 2.31 bits per heavy atom. The van der Waals surface area contributed by atoms with Crippen molar-refractivity contribution < 1.29 is 5.11 Å². The van der Waals surface area contributed by atoms with Crippen LogP contribution in [0.2, 0.25) is 0 Å². The minimum Gasteiger partial charge on any atom is -0.494 e. The van der Waals surface area contributed by atoms with Gasteiger partial charge in [-0.1, -0.05) is 6.92 Å². The molecule has 0 radical (unpaired) electrons. The van der Waals surface area contributed by atoms with E-state index in [1.54, 1.807) is 0 Å². The number of nitriles is 1. The normalized spacial score (nSPS) is 15.5. The fraction of sp³-hybridized carbons (Fsp3) is 0.455. The van der Waals surface area contributed by atoms with Crippen molar-refractivity contribution in [2.75, 3.05) is 13.1 Å². The molecule has 84 valence electrons. The summed E-state index contributed by atoms with van der Waals surface area (Å²) in [6.07, 6.45) is 0.642. The van der Waals surface area contributed by atoms with Crippen molar-refractivity contribution in [3.63, 3.8) is 0 Å². The van der Waals surface area contributed by atoms with Crippen LogP contribution in [-0.4, -0.2) is 28.1 Å². The minimum absolute atomic E-state index is 0.0999. The van der Waals surface area contributed by atoms with E-state index in [-0.39, 0.29) is 11.4 Å². The Balaban J connectivity index is 2.58. The molecule has 1 aromatic heterocycles. The smallest absolute Gasteiger partial charge is 0.268 e. The van der Waals surface area contributed by atoms with Crippen LogP contribution in [0.25, 0.3) is 0 Å². The van der Waals surface area contributed by atoms with Gasteiger partial charge in [0.1, 0.15) is 11.6 Å². The van der Waals surface area contributed by atoms with E-state index in [0.29, 0.717) is 24.1 Å². The Kier molecular flexibility index (Phi) is 2.67. The summed E-state index contributed by atoms with van der Waals surface area (Å²) in [7, 11) is 0. The van der Waals surface area contributed by atoms with Crippen LogP contribution in [-0.2, 0) is 13.0 Å². The van der Waals surface area contributed by atoms with E-state index in [1.807, 2.05) is 13.0 Å². The van der Waals surface area contributed by atoms with E-state index in [4.69, 9.17) is 5.26 Å². The van der Waals surface area contributed by atoms with Gasteiger partial charge in [0.25, 0.3) is 5.56 Å².